The standard InChI is InChI=1S/C6H15N2O2S/c1-3-5-6(4-2)8-11(7,9)10/h6-8H,3-5H2,1-2H3. The molecular formula is C6H15N2O2S. The summed E-state index contributed by atoms with van der Waals surface area (Å²) in [6, 6.07) is -0.0671. The lowest BCUT2D eigenvalue weighted by atomic mass is 10.1. The molecule has 0 saturated heterocycles. The molecule has 0 aliphatic rings. The molecule has 0 spiro atoms. The highest BCUT2D eigenvalue weighted by Crippen LogP contribution is 2.01. The predicted octanol–water partition coefficient (Wildman–Crippen LogP) is 0.682. The molecule has 1 radical (unpaired) electrons. The van der Waals surface area contributed by atoms with Gasteiger partial charge in [0.2, 0.25) is 0 Å². The Hall–Kier alpha value is -0.130. The predicted molar refractivity (Wildman–Crippen MR) is 44.1 cm³/mol. The quantitative estimate of drug-likeness (QED) is 0.674. The van der Waals surface area contributed by atoms with E-state index in [-0.39, 0.29) is 6.04 Å². The fourth-order valence-electron chi connectivity index (χ4n) is 0.914. The fraction of sp³-hybridized carbons (Fsp3) is 1.00. The van der Waals surface area contributed by atoms with E-state index in [1.54, 1.807) is 0 Å². The maximum absolute atomic E-state index is 10.4. The van der Waals surface area contributed by atoms with E-state index in [2.05, 4.69) is 4.72 Å². The molecule has 0 amide bonds. The minimum Gasteiger partial charge on any atom is -0.198 e. The largest absolute Gasteiger partial charge is 0.290 e. The monoisotopic (exact) mass is 179 g/mol. The molecule has 0 saturated carbocycles. The summed E-state index contributed by atoms with van der Waals surface area (Å²) in [5, 5.41) is 6.61. The lowest BCUT2D eigenvalue weighted by Gasteiger charge is -2.12. The van der Waals surface area contributed by atoms with E-state index >= 15 is 0 Å². The number of nitrogens with one attached hydrogen (secondary N) is 2. The molecule has 67 valence electrons. The van der Waals surface area contributed by atoms with Crippen molar-refractivity contribution in [2.24, 2.45) is 0 Å². The molecule has 11 heavy (non-hydrogen) atoms. The second-order valence-corrected chi connectivity index (χ2v) is 3.76. The van der Waals surface area contributed by atoms with Gasteiger partial charge in [-0.05, 0) is 12.8 Å². The van der Waals surface area contributed by atoms with E-state index in [0.717, 1.165) is 19.3 Å². The maximum Gasteiger partial charge on any atom is 0.290 e. The summed E-state index contributed by atoms with van der Waals surface area (Å²) in [4.78, 5) is 0. The highest BCUT2D eigenvalue weighted by Gasteiger charge is 2.10. The summed E-state index contributed by atoms with van der Waals surface area (Å²) >= 11 is 0. The van der Waals surface area contributed by atoms with Crippen molar-refractivity contribution >= 4 is 10.2 Å². The van der Waals surface area contributed by atoms with Crippen LogP contribution in [0, 0.1) is 0 Å². The summed E-state index contributed by atoms with van der Waals surface area (Å²) < 4.78 is 23.1. The summed E-state index contributed by atoms with van der Waals surface area (Å²) in [5.41, 5.74) is 0. The Morgan fingerprint density at radius 1 is 1.45 bits per heavy atom. The van der Waals surface area contributed by atoms with Crippen molar-refractivity contribution in [2.45, 2.75) is 39.2 Å². The highest BCUT2D eigenvalue weighted by molar-refractivity contribution is 7.86. The topological polar surface area (TPSA) is 70.0 Å². The smallest absolute Gasteiger partial charge is 0.198 e. The van der Waals surface area contributed by atoms with E-state index in [0.29, 0.717) is 0 Å². The van der Waals surface area contributed by atoms with Gasteiger partial charge < -0.3 is 0 Å². The minimum absolute atomic E-state index is 0.0671. The van der Waals surface area contributed by atoms with Gasteiger partial charge in [-0.3, -0.25) is 0 Å². The zero-order valence-corrected chi connectivity index (χ0v) is 7.74. The average Bonchev–Trinajstić information content (AvgIpc) is 1.84. The highest BCUT2D eigenvalue weighted by atomic mass is 32.2. The van der Waals surface area contributed by atoms with Gasteiger partial charge in [0.25, 0.3) is 10.2 Å². The third-order valence-corrected chi connectivity index (χ3v) is 2.10. The summed E-state index contributed by atoms with van der Waals surface area (Å²) in [6.07, 6.45) is 2.47. The molecule has 1 unspecified atom stereocenters. The first-order valence-corrected chi connectivity index (χ1v) is 5.24. The van der Waals surface area contributed by atoms with E-state index in [1.165, 1.54) is 0 Å². The van der Waals surface area contributed by atoms with Gasteiger partial charge >= 0.3 is 0 Å². The van der Waals surface area contributed by atoms with Crippen LogP contribution in [0.4, 0.5) is 0 Å². The molecule has 0 heterocycles. The van der Waals surface area contributed by atoms with E-state index in [9.17, 15) is 8.42 Å². The lowest BCUT2D eigenvalue weighted by molar-refractivity contribution is 0.512. The van der Waals surface area contributed by atoms with E-state index in [1.807, 2.05) is 13.8 Å². The number of hydrogen-bond acceptors (Lipinski definition) is 2. The van der Waals surface area contributed by atoms with Gasteiger partial charge in [-0.2, -0.15) is 13.1 Å². The van der Waals surface area contributed by atoms with Gasteiger partial charge in [0.1, 0.15) is 0 Å². The Bertz CT molecular complexity index is 189. The minimum atomic E-state index is -3.76. The zero-order valence-electron chi connectivity index (χ0n) is 6.92. The molecule has 0 aromatic rings. The van der Waals surface area contributed by atoms with Crippen molar-refractivity contribution in [1.29, 1.82) is 0 Å². The van der Waals surface area contributed by atoms with Crippen molar-refractivity contribution in [1.82, 2.24) is 9.86 Å². The Morgan fingerprint density at radius 2 is 2.00 bits per heavy atom. The summed E-state index contributed by atoms with van der Waals surface area (Å²) in [7, 11) is -3.76. The van der Waals surface area contributed by atoms with Gasteiger partial charge in [-0.25, -0.2) is 0 Å². The molecule has 0 aliphatic carbocycles. The Kier molecular flexibility index (Phi) is 4.63. The van der Waals surface area contributed by atoms with Crippen molar-refractivity contribution < 1.29 is 8.42 Å². The Labute approximate surface area is 68.3 Å². The van der Waals surface area contributed by atoms with Crippen LogP contribution in [-0.4, -0.2) is 14.5 Å². The van der Waals surface area contributed by atoms with E-state index in [4.69, 9.17) is 5.14 Å². The normalized spacial score (nSPS) is 14.8. The second kappa shape index (κ2) is 4.69. The summed E-state index contributed by atoms with van der Waals surface area (Å²) in [6.45, 7) is 3.89. The van der Waals surface area contributed by atoms with Crippen molar-refractivity contribution in [3.8, 4) is 0 Å². The third kappa shape index (κ3) is 6.28. The van der Waals surface area contributed by atoms with Crippen LogP contribution in [0.1, 0.15) is 33.1 Å². The van der Waals surface area contributed by atoms with Gasteiger partial charge in [0.15, 0.2) is 0 Å². The van der Waals surface area contributed by atoms with Crippen LogP contribution in [0.5, 0.6) is 0 Å². The van der Waals surface area contributed by atoms with Crippen LogP contribution in [0.2, 0.25) is 0 Å². The molecular weight excluding hydrogens is 164 g/mol. The molecule has 0 aromatic carbocycles. The first-order valence-electron chi connectivity index (χ1n) is 3.76. The molecule has 0 fully saturated rings. The molecule has 1 atom stereocenters. The fourth-order valence-corrected chi connectivity index (χ4v) is 1.64. The molecule has 4 nitrogen and oxygen atoms in total. The van der Waals surface area contributed by atoms with E-state index < -0.39 is 10.2 Å². The van der Waals surface area contributed by atoms with Gasteiger partial charge in [0.05, 0.1) is 0 Å². The molecule has 2 N–H and O–H groups in total. The van der Waals surface area contributed by atoms with Gasteiger partial charge in [-0.1, -0.05) is 20.3 Å². The van der Waals surface area contributed by atoms with Crippen molar-refractivity contribution in [3.63, 3.8) is 0 Å². The first kappa shape index (κ1) is 10.9. The molecule has 0 bridgehead atoms. The lowest BCUT2D eigenvalue weighted by Crippen LogP contribution is -2.34. The SMILES string of the molecule is CCCC(CC)NS([NH])(=O)=O. The van der Waals surface area contributed by atoms with Crippen molar-refractivity contribution in [3.05, 3.63) is 0 Å². The maximum atomic E-state index is 10.4. The van der Waals surface area contributed by atoms with Crippen LogP contribution in [0.15, 0.2) is 0 Å². The number of hydrogen-bond donors (Lipinski definition) is 1. The summed E-state index contributed by atoms with van der Waals surface area (Å²) in [5.74, 6) is 0. The van der Waals surface area contributed by atoms with Crippen LogP contribution in [-0.2, 0) is 10.2 Å². The van der Waals surface area contributed by atoms with Gasteiger partial charge in [0, 0.05) is 6.04 Å². The van der Waals surface area contributed by atoms with Crippen LogP contribution in [0.25, 0.3) is 0 Å². The number of rotatable bonds is 5. The van der Waals surface area contributed by atoms with Crippen LogP contribution in [0.3, 0.4) is 0 Å². The second-order valence-electron chi connectivity index (χ2n) is 2.52. The zero-order chi connectivity index (χ0) is 8.91. The van der Waals surface area contributed by atoms with Crippen molar-refractivity contribution in [2.75, 3.05) is 0 Å². The Balaban J connectivity index is 3.88. The molecule has 0 aromatic heterocycles. The van der Waals surface area contributed by atoms with Crippen LogP contribution >= 0.6 is 0 Å². The average molecular weight is 179 g/mol. The van der Waals surface area contributed by atoms with Crippen LogP contribution < -0.4 is 9.86 Å². The first-order chi connectivity index (χ1) is 4.99. The Morgan fingerprint density at radius 3 is 2.27 bits per heavy atom. The molecule has 0 aliphatic heterocycles. The molecule has 5 heteroatoms. The van der Waals surface area contributed by atoms with Gasteiger partial charge in [-0.15, -0.1) is 5.14 Å². The third-order valence-electron chi connectivity index (χ3n) is 1.45. The molecule has 0 rings (SSSR count).